The van der Waals surface area contributed by atoms with Crippen molar-refractivity contribution in [2.45, 2.75) is 32.6 Å². The van der Waals surface area contributed by atoms with Crippen LogP contribution < -0.4 is 0 Å². The first-order valence-corrected chi connectivity index (χ1v) is 8.39. The van der Waals surface area contributed by atoms with Gasteiger partial charge in [-0.15, -0.1) is 0 Å². The van der Waals surface area contributed by atoms with Gasteiger partial charge in [0.15, 0.2) is 0 Å². The Labute approximate surface area is 141 Å². The van der Waals surface area contributed by atoms with Crippen LogP contribution in [0.4, 0.5) is 0 Å². The predicted octanol–water partition coefficient (Wildman–Crippen LogP) is 4.79. The summed E-state index contributed by atoms with van der Waals surface area (Å²) < 4.78 is 0. The van der Waals surface area contributed by atoms with E-state index in [0.29, 0.717) is 10.9 Å². The van der Waals surface area contributed by atoms with Crippen molar-refractivity contribution in [1.82, 2.24) is 4.98 Å². The summed E-state index contributed by atoms with van der Waals surface area (Å²) in [7, 11) is 0. The van der Waals surface area contributed by atoms with Crippen LogP contribution in [0.15, 0.2) is 42.5 Å². The fourth-order valence-corrected chi connectivity index (χ4v) is 3.61. The van der Waals surface area contributed by atoms with Gasteiger partial charge in [-0.25, -0.2) is 9.78 Å². The predicted molar refractivity (Wildman–Crippen MR) is 95.5 cm³/mol. The van der Waals surface area contributed by atoms with Gasteiger partial charge in [0.2, 0.25) is 0 Å². The molecule has 1 aliphatic carbocycles. The molecular formula is C21H19NO2. The highest BCUT2D eigenvalue weighted by molar-refractivity contribution is 6.04. The maximum Gasteiger partial charge on any atom is 0.336 e. The van der Waals surface area contributed by atoms with Crippen molar-refractivity contribution in [3.8, 4) is 11.3 Å². The highest BCUT2D eigenvalue weighted by Crippen LogP contribution is 2.30. The first-order chi connectivity index (χ1) is 11.6. The maximum atomic E-state index is 11.7. The lowest BCUT2D eigenvalue weighted by molar-refractivity contribution is 0.0699. The second-order valence-electron chi connectivity index (χ2n) is 6.52. The standard InChI is InChI=1S/C21H19NO2/c1-13-5-4-8-17-18(21(23)24)12-19(22-20(13)17)16-10-9-14-6-2-3-7-15(14)11-16/h4-5,8-12H,2-3,6-7H2,1H3,(H,23,24). The van der Waals surface area contributed by atoms with Gasteiger partial charge < -0.3 is 5.11 Å². The Morgan fingerprint density at radius 3 is 2.62 bits per heavy atom. The minimum absolute atomic E-state index is 0.316. The number of aryl methyl sites for hydroxylation is 3. The zero-order chi connectivity index (χ0) is 16.7. The van der Waals surface area contributed by atoms with Gasteiger partial charge in [-0.2, -0.15) is 0 Å². The van der Waals surface area contributed by atoms with Gasteiger partial charge in [0.25, 0.3) is 0 Å². The van der Waals surface area contributed by atoms with Crippen molar-refractivity contribution >= 4 is 16.9 Å². The van der Waals surface area contributed by atoms with E-state index in [1.807, 2.05) is 25.1 Å². The van der Waals surface area contributed by atoms with Gasteiger partial charge >= 0.3 is 5.97 Å². The summed E-state index contributed by atoms with van der Waals surface area (Å²) in [5.41, 5.74) is 6.62. The minimum Gasteiger partial charge on any atom is -0.478 e. The number of hydrogen-bond donors (Lipinski definition) is 1. The normalized spacial score (nSPS) is 13.7. The number of rotatable bonds is 2. The number of carboxylic acids is 1. The number of benzene rings is 2. The van der Waals surface area contributed by atoms with E-state index in [1.165, 1.54) is 24.0 Å². The molecule has 0 aliphatic heterocycles. The van der Waals surface area contributed by atoms with Gasteiger partial charge in [0, 0.05) is 10.9 Å². The Hall–Kier alpha value is -2.68. The van der Waals surface area contributed by atoms with Crippen LogP contribution in [0.2, 0.25) is 0 Å². The summed E-state index contributed by atoms with van der Waals surface area (Å²) in [6, 6.07) is 13.8. The average molecular weight is 317 g/mol. The monoisotopic (exact) mass is 317 g/mol. The maximum absolute atomic E-state index is 11.7. The average Bonchev–Trinajstić information content (AvgIpc) is 2.61. The van der Waals surface area contributed by atoms with Crippen molar-refractivity contribution in [3.05, 3.63) is 64.7 Å². The number of nitrogens with zero attached hydrogens (tertiary/aromatic N) is 1. The summed E-state index contributed by atoms with van der Waals surface area (Å²) in [5, 5.41) is 10.3. The van der Waals surface area contributed by atoms with Crippen molar-refractivity contribution < 1.29 is 9.90 Å². The van der Waals surface area contributed by atoms with Crippen LogP contribution in [0.1, 0.15) is 39.9 Å². The Bertz CT molecular complexity index is 959. The third-order valence-corrected chi connectivity index (χ3v) is 4.92. The van der Waals surface area contributed by atoms with E-state index in [4.69, 9.17) is 4.98 Å². The molecule has 0 bridgehead atoms. The largest absolute Gasteiger partial charge is 0.478 e. The molecule has 3 aromatic rings. The second kappa shape index (κ2) is 5.75. The molecule has 4 rings (SSSR count). The van der Waals surface area contributed by atoms with Crippen LogP contribution >= 0.6 is 0 Å². The number of hydrogen-bond acceptors (Lipinski definition) is 2. The van der Waals surface area contributed by atoms with Crippen molar-refractivity contribution in [3.63, 3.8) is 0 Å². The molecule has 2 aromatic carbocycles. The molecule has 0 radical (unpaired) electrons. The van der Waals surface area contributed by atoms with E-state index >= 15 is 0 Å². The molecule has 3 nitrogen and oxygen atoms in total. The number of carbonyl (C=O) groups is 1. The molecule has 0 unspecified atom stereocenters. The summed E-state index contributed by atoms with van der Waals surface area (Å²) in [6.07, 6.45) is 4.71. The summed E-state index contributed by atoms with van der Waals surface area (Å²) in [6.45, 7) is 1.97. The van der Waals surface area contributed by atoms with Gasteiger partial charge in [0.05, 0.1) is 16.8 Å². The lowest BCUT2D eigenvalue weighted by Crippen LogP contribution is -2.04. The number of para-hydroxylation sites is 1. The number of aromatic carboxylic acids is 1. The molecule has 0 fully saturated rings. The molecule has 0 atom stereocenters. The Morgan fingerprint density at radius 1 is 1.04 bits per heavy atom. The zero-order valence-electron chi connectivity index (χ0n) is 13.7. The van der Waals surface area contributed by atoms with E-state index in [1.54, 1.807) is 6.07 Å². The summed E-state index contributed by atoms with van der Waals surface area (Å²) in [5.74, 6) is -0.910. The molecule has 0 amide bonds. The number of aromatic nitrogens is 1. The molecule has 1 N–H and O–H groups in total. The SMILES string of the molecule is Cc1cccc2c(C(=O)O)cc(-c3ccc4c(c3)CCCC4)nc12. The molecule has 0 spiro atoms. The third-order valence-electron chi connectivity index (χ3n) is 4.92. The summed E-state index contributed by atoms with van der Waals surface area (Å²) >= 11 is 0. The highest BCUT2D eigenvalue weighted by atomic mass is 16.4. The van der Waals surface area contributed by atoms with Crippen LogP contribution in [-0.4, -0.2) is 16.1 Å². The lowest BCUT2D eigenvalue weighted by atomic mass is 9.89. The smallest absolute Gasteiger partial charge is 0.336 e. The van der Waals surface area contributed by atoms with E-state index in [2.05, 4.69) is 18.2 Å². The van der Waals surface area contributed by atoms with Crippen molar-refractivity contribution in [2.75, 3.05) is 0 Å². The van der Waals surface area contributed by atoms with E-state index in [9.17, 15) is 9.90 Å². The Balaban J connectivity index is 1.94. The summed E-state index contributed by atoms with van der Waals surface area (Å²) in [4.78, 5) is 16.5. The second-order valence-corrected chi connectivity index (χ2v) is 6.52. The molecule has 0 saturated heterocycles. The molecule has 120 valence electrons. The third kappa shape index (κ3) is 2.46. The Morgan fingerprint density at radius 2 is 1.83 bits per heavy atom. The fraction of sp³-hybridized carbons (Fsp3) is 0.238. The topological polar surface area (TPSA) is 50.2 Å². The number of fused-ring (bicyclic) bond motifs is 2. The van der Waals surface area contributed by atoms with Gasteiger partial charge in [-0.1, -0.05) is 30.3 Å². The van der Waals surface area contributed by atoms with E-state index in [0.717, 1.165) is 35.2 Å². The molecule has 1 heterocycles. The molecule has 24 heavy (non-hydrogen) atoms. The molecule has 1 aromatic heterocycles. The quantitative estimate of drug-likeness (QED) is 0.739. The highest BCUT2D eigenvalue weighted by Gasteiger charge is 2.16. The fourth-order valence-electron chi connectivity index (χ4n) is 3.61. The number of pyridine rings is 1. The van der Waals surface area contributed by atoms with Gasteiger partial charge in [0.1, 0.15) is 0 Å². The van der Waals surface area contributed by atoms with Crippen LogP contribution in [-0.2, 0) is 12.8 Å². The van der Waals surface area contributed by atoms with E-state index < -0.39 is 5.97 Å². The molecule has 3 heteroatoms. The van der Waals surface area contributed by atoms with Gasteiger partial charge in [-0.3, -0.25) is 0 Å². The van der Waals surface area contributed by atoms with Crippen molar-refractivity contribution in [2.24, 2.45) is 0 Å². The Kier molecular flexibility index (Phi) is 3.57. The lowest BCUT2D eigenvalue weighted by Gasteiger charge is -2.17. The van der Waals surface area contributed by atoms with Crippen LogP contribution in [0.3, 0.4) is 0 Å². The zero-order valence-corrected chi connectivity index (χ0v) is 13.7. The first kappa shape index (κ1) is 14.9. The van der Waals surface area contributed by atoms with Crippen LogP contribution in [0.25, 0.3) is 22.2 Å². The molecule has 1 aliphatic rings. The first-order valence-electron chi connectivity index (χ1n) is 8.39. The van der Waals surface area contributed by atoms with E-state index in [-0.39, 0.29) is 0 Å². The number of carboxylic acid groups (broad SMARTS) is 1. The minimum atomic E-state index is -0.910. The van der Waals surface area contributed by atoms with Crippen LogP contribution in [0, 0.1) is 6.92 Å². The molecular weight excluding hydrogens is 298 g/mol. The van der Waals surface area contributed by atoms with Crippen LogP contribution in [0.5, 0.6) is 0 Å². The molecule has 0 saturated carbocycles. The van der Waals surface area contributed by atoms with Crippen molar-refractivity contribution in [1.29, 1.82) is 0 Å². The van der Waals surface area contributed by atoms with Gasteiger partial charge in [-0.05, 0) is 61.4 Å².